The zero-order valence-electron chi connectivity index (χ0n) is 10.6. The molecular formula is C13H20ClNO2. The Bertz CT molecular complexity index is 336. The maximum atomic E-state index is 11.8. The summed E-state index contributed by atoms with van der Waals surface area (Å²) < 4.78 is 5.32. The number of hydrogen-bond acceptors (Lipinski definition) is 3. The molecule has 1 rings (SSSR count). The number of hydrogen-bond donors (Lipinski definition) is 0. The largest absolute Gasteiger partial charge is 0.494 e. The van der Waals surface area contributed by atoms with Crippen LogP contribution in [0.15, 0.2) is 24.3 Å². The molecule has 0 unspecified atom stereocenters. The Balaban J connectivity index is 0.00000256. The van der Waals surface area contributed by atoms with Crippen molar-refractivity contribution in [2.24, 2.45) is 0 Å². The van der Waals surface area contributed by atoms with Crippen molar-refractivity contribution in [3.8, 4) is 5.75 Å². The van der Waals surface area contributed by atoms with E-state index in [9.17, 15) is 4.79 Å². The van der Waals surface area contributed by atoms with E-state index in [4.69, 9.17) is 4.74 Å². The first-order valence-corrected chi connectivity index (χ1v) is 5.54. The average molecular weight is 258 g/mol. The summed E-state index contributed by atoms with van der Waals surface area (Å²) in [5.41, 5.74) is 0.755. The highest BCUT2D eigenvalue weighted by Gasteiger charge is 2.06. The minimum absolute atomic E-state index is 0. The van der Waals surface area contributed by atoms with Crippen molar-refractivity contribution in [1.29, 1.82) is 0 Å². The van der Waals surface area contributed by atoms with E-state index in [1.54, 1.807) is 0 Å². The molecule has 1 aromatic rings. The second-order valence-electron chi connectivity index (χ2n) is 3.93. The van der Waals surface area contributed by atoms with E-state index in [-0.39, 0.29) is 18.2 Å². The lowest BCUT2D eigenvalue weighted by molar-refractivity contribution is 0.0972. The normalized spacial score (nSPS) is 9.88. The van der Waals surface area contributed by atoms with Gasteiger partial charge in [0.1, 0.15) is 5.75 Å². The lowest BCUT2D eigenvalue weighted by atomic mass is 10.1. The van der Waals surface area contributed by atoms with Gasteiger partial charge in [0.25, 0.3) is 0 Å². The summed E-state index contributed by atoms with van der Waals surface area (Å²) in [6.45, 7) is 3.37. The van der Waals surface area contributed by atoms with Crippen LogP contribution in [0, 0.1) is 0 Å². The quantitative estimate of drug-likeness (QED) is 0.734. The molecule has 0 heterocycles. The third-order valence-corrected chi connectivity index (χ3v) is 2.27. The van der Waals surface area contributed by atoms with Gasteiger partial charge in [-0.3, -0.25) is 4.79 Å². The van der Waals surface area contributed by atoms with Gasteiger partial charge >= 0.3 is 0 Å². The maximum absolute atomic E-state index is 11.8. The van der Waals surface area contributed by atoms with E-state index in [0.29, 0.717) is 13.0 Å². The monoisotopic (exact) mass is 257 g/mol. The van der Waals surface area contributed by atoms with Crippen LogP contribution in [0.5, 0.6) is 5.75 Å². The molecule has 96 valence electrons. The van der Waals surface area contributed by atoms with Gasteiger partial charge in [0, 0.05) is 18.5 Å². The van der Waals surface area contributed by atoms with Crippen LogP contribution in [0.4, 0.5) is 0 Å². The van der Waals surface area contributed by atoms with Crippen molar-refractivity contribution in [2.75, 3.05) is 27.2 Å². The number of rotatable bonds is 6. The van der Waals surface area contributed by atoms with Crippen LogP contribution in [0.1, 0.15) is 23.7 Å². The Morgan fingerprint density at radius 1 is 1.24 bits per heavy atom. The minimum Gasteiger partial charge on any atom is -0.494 e. The highest BCUT2D eigenvalue weighted by molar-refractivity contribution is 5.96. The number of benzene rings is 1. The summed E-state index contributed by atoms with van der Waals surface area (Å²) in [5.74, 6) is 0.989. The number of carbonyl (C=O) groups is 1. The molecule has 1 aromatic carbocycles. The first-order chi connectivity index (χ1) is 7.63. The number of Topliss-reactive ketones (excluding diaryl/α,β-unsaturated/α-hetero) is 1. The number of halogens is 1. The molecule has 0 aliphatic rings. The van der Waals surface area contributed by atoms with Gasteiger partial charge in [-0.1, -0.05) is 0 Å². The van der Waals surface area contributed by atoms with E-state index >= 15 is 0 Å². The van der Waals surface area contributed by atoms with Gasteiger partial charge in [0.05, 0.1) is 6.61 Å². The third kappa shape index (κ3) is 5.71. The molecule has 0 aliphatic carbocycles. The summed E-state index contributed by atoms with van der Waals surface area (Å²) in [4.78, 5) is 13.8. The van der Waals surface area contributed by atoms with E-state index in [2.05, 4.69) is 0 Å². The molecule has 0 saturated heterocycles. The Morgan fingerprint density at radius 2 is 1.82 bits per heavy atom. The SMILES string of the molecule is CCOc1ccc(C(=O)CCN(C)C)cc1.Cl. The van der Waals surface area contributed by atoms with Gasteiger partial charge in [0.15, 0.2) is 5.78 Å². The molecular weight excluding hydrogens is 238 g/mol. The van der Waals surface area contributed by atoms with E-state index in [1.807, 2.05) is 50.2 Å². The molecule has 0 spiro atoms. The van der Waals surface area contributed by atoms with Crippen LogP contribution in [0.3, 0.4) is 0 Å². The van der Waals surface area contributed by atoms with Crippen molar-refractivity contribution < 1.29 is 9.53 Å². The van der Waals surface area contributed by atoms with Gasteiger partial charge in [-0.2, -0.15) is 0 Å². The van der Waals surface area contributed by atoms with Crippen LogP contribution < -0.4 is 4.74 Å². The number of ketones is 1. The van der Waals surface area contributed by atoms with Gasteiger partial charge in [0.2, 0.25) is 0 Å². The van der Waals surface area contributed by atoms with Crippen molar-refractivity contribution in [3.05, 3.63) is 29.8 Å². The van der Waals surface area contributed by atoms with E-state index < -0.39 is 0 Å². The van der Waals surface area contributed by atoms with Crippen LogP contribution >= 0.6 is 12.4 Å². The zero-order chi connectivity index (χ0) is 12.0. The summed E-state index contributed by atoms with van der Waals surface area (Å²) in [7, 11) is 3.93. The van der Waals surface area contributed by atoms with Crippen LogP contribution in [-0.4, -0.2) is 37.9 Å². The highest BCUT2D eigenvalue weighted by atomic mass is 35.5. The smallest absolute Gasteiger partial charge is 0.164 e. The molecule has 4 heteroatoms. The number of carbonyl (C=O) groups excluding carboxylic acids is 1. The fraction of sp³-hybridized carbons (Fsp3) is 0.462. The molecule has 0 aliphatic heterocycles. The first-order valence-electron chi connectivity index (χ1n) is 5.54. The molecule has 0 atom stereocenters. The Morgan fingerprint density at radius 3 is 2.29 bits per heavy atom. The third-order valence-electron chi connectivity index (χ3n) is 2.27. The van der Waals surface area contributed by atoms with E-state index in [0.717, 1.165) is 17.9 Å². The molecule has 0 amide bonds. The summed E-state index contributed by atoms with van der Waals surface area (Å²) >= 11 is 0. The summed E-state index contributed by atoms with van der Waals surface area (Å²) in [6.07, 6.45) is 0.557. The van der Waals surface area contributed by atoms with Crippen LogP contribution in [0.2, 0.25) is 0 Å². The maximum Gasteiger partial charge on any atom is 0.164 e. The van der Waals surface area contributed by atoms with Crippen molar-refractivity contribution in [1.82, 2.24) is 4.90 Å². The highest BCUT2D eigenvalue weighted by Crippen LogP contribution is 2.13. The Kier molecular flexibility index (Phi) is 7.59. The van der Waals surface area contributed by atoms with Crippen molar-refractivity contribution >= 4 is 18.2 Å². The van der Waals surface area contributed by atoms with Crippen LogP contribution in [-0.2, 0) is 0 Å². The summed E-state index contributed by atoms with van der Waals surface area (Å²) in [5, 5.41) is 0. The predicted molar refractivity (Wildman–Crippen MR) is 72.4 cm³/mol. The number of nitrogens with zero attached hydrogens (tertiary/aromatic N) is 1. The molecule has 0 bridgehead atoms. The average Bonchev–Trinajstić information content (AvgIpc) is 2.27. The fourth-order valence-electron chi connectivity index (χ4n) is 1.37. The van der Waals surface area contributed by atoms with Gasteiger partial charge in [-0.15, -0.1) is 12.4 Å². The fourth-order valence-corrected chi connectivity index (χ4v) is 1.37. The standard InChI is InChI=1S/C13H19NO2.ClH/c1-4-16-12-7-5-11(6-8-12)13(15)9-10-14(2)3;/h5-8H,4,9-10H2,1-3H3;1H. The number of ether oxygens (including phenoxy) is 1. The molecule has 0 saturated carbocycles. The molecule has 0 aromatic heterocycles. The lowest BCUT2D eigenvalue weighted by Crippen LogP contribution is -2.16. The van der Waals surface area contributed by atoms with Crippen molar-refractivity contribution in [2.45, 2.75) is 13.3 Å². The second-order valence-corrected chi connectivity index (χ2v) is 3.93. The molecule has 0 N–H and O–H groups in total. The predicted octanol–water partition coefficient (Wildman–Crippen LogP) is 2.64. The van der Waals surface area contributed by atoms with Crippen molar-refractivity contribution in [3.63, 3.8) is 0 Å². The molecule has 17 heavy (non-hydrogen) atoms. The minimum atomic E-state index is 0. The first kappa shape index (κ1) is 15.9. The van der Waals surface area contributed by atoms with Gasteiger partial charge in [-0.25, -0.2) is 0 Å². The zero-order valence-corrected chi connectivity index (χ0v) is 11.4. The molecule has 3 nitrogen and oxygen atoms in total. The van der Waals surface area contributed by atoms with Gasteiger partial charge in [-0.05, 0) is 45.3 Å². The molecule has 0 radical (unpaired) electrons. The molecule has 0 fully saturated rings. The second kappa shape index (κ2) is 8.09. The Labute approximate surface area is 109 Å². The van der Waals surface area contributed by atoms with Crippen LogP contribution in [0.25, 0.3) is 0 Å². The summed E-state index contributed by atoms with van der Waals surface area (Å²) in [6, 6.07) is 7.32. The van der Waals surface area contributed by atoms with E-state index in [1.165, 1.54) is 0 Å². The van der Waals surface area contributed by atoms with Gasteiger partial charge < -0.3 is 9.64 Å². The lowest BCUT2D eigenvalue weighted by Gasteiger charge is -2.08. The Hall–Kier alpha value is -1.06. The topological polar surface area (TPSA) is 29.5 Å².